The Morgan fingerprint density at radius 3 is 2.62 bits per heavy atom. The van der Waals surface area contributed by atoms with E-state index in [9.17, 15) is 5.26 Å². The molecule has 0 spiro atoms. The first kappa shape index (κ1) is 22.3. The third kappa shape index (κ3) is 4.47. The molecule has 4 aromatic rings. The summed E-state index contributed by atoms with van der Waals surface area (Å²) in [6.45, 7) is 1.62. The van der Waals surface area contributed by atoms with Gasteiger partial charge >= 0.3 is 0 Å². The molecular weight excluding hydrogens is 448 g/mol. The van der Waals surface area contributed by atoms with Crippen LogP contribution in [0.4, 0.5) is 11.6 Å². The van der Waals surface area contributed by atoms with Gasteiger partial charge in [0, 0.05) is 31.0 Å². The number of hydrogen-bond donors (Lipinski definition) is 1. The van der Waals surface area contributed by atoms with E-state index in [0.717, 1.165) is 54.2 Å². The van der Waals surface area contributed by atoms with Crippen molar-refractivity contribution in [3.8, 4) is 17.3 Å². The molecule has 1 aromatic carbocycles. The van der Waals surface area contributed by atoms with Crippen LogP contribution in [-0.4, -0.2) is 32.7 Å². The second-order valence-corrected chi connectivity index (χ2v) is 8.81. The van der Waals surface area contributed by atoms with E-state index >= 15 is 0 Å². The van der Waals surface area contributed by atoms with Gasteiger partial charge in [-0.3, -0.25) is 0 Å². The maximum atomic E-state index is 9.18. The lowest BCUT2D eigenvalue weighted by Crippen LogP contribution is -2.18. The summed E-state index contributed by atoms with van der Waals surface area (Å²) in [6, 6.07) is 16.7. The van der Waals surface area contributed by atoms with E-state index in [-0.39, 0.29) is 12.4 Å². The topological polar surface area (TPSA) is 88.7 Å². The molecule has 1 aliphatic heterocycles. The molecule has 1 aliphatic carbocycles. The SMILES string of the molecule is Cl.N#Cc1ccnc(Nc2cc(C3CC3)cc(-c3ccc4c(c3)ncn4C3CCOCC3)n2)c1. The van der Waals surface area contributed by atoms with Crippen molar-refractivity contribution >= 4 is 35.1 Å². The van der Waals surface area contributed by atoms with Gasteiger partial charge in [0.05, 0.1) is 34.7 Å². The number of imidazole rings is 1. The Balaban J connectivity index is 0.00000241. The lowest BCUT2D eigenvalue weighted by atomic mass is 10.0. The van der Waals surface area contributed by atoms with Crippen molar-refractivity contribution < 1.29 is 4.74 Å². The molecule has 1 saturated heterocycles. The van der Waals surface area contributed by atoms with Crippen LogP contribution in [0.15, 0.2) is 55.0 Å². The van der Waals surface area contributed by atoms with Crippen molar-refractivity contribution in [2.75, 3.05) is 18.5 Å². The summed E-state index contributed by atoms with van der Waals surface area (Å²) >= 11 is 0. The van der Waals surface area contributed by atoms with Crippen molar-refractivity contribution in [3.05, 3.63) is 66.1 Å². The first-order chi connectivity index (χ1) is 16.3. The van der Waals surface area contributed by atoms with Crippen LogP contribution in [0.5, 0.6) is 0 Å². The predicted molar refractivity (Wildman–Crippen MR) is 134 cm³/mol. The molecule has 8 heteroatoms. The highest BCUT2D eigenvalue weighted by molar-refractivity contribution is 5.85. The molecule has 0 unspecified atom stereocenters. The Hall–Kier alpha value is -3.47. The van der Waals surface area contributed by atoms with Crippen molar-refractivity contribution in [2.24, 2.45) is 0 Å². The van der Waals surface area contributed by atoms with Gasteiger partial charge in [0.2, 0.25) is 0 Å². The van der Waals surface area contributed by atoms with Crippen LogP contribution in [0, 0.1) is 11.3 Å². The molecule has 4 heterocycles. The highest BCUT2D eigenvalue weighted by Gasteiger charge is 2.25. The number of hydrogen-bond acceptors (Lipinski definition) is 6. The van der Waals surface area contributed by atoms with Crippen LogP contribution >= 0.6 is 12.4 Å². The summed E-state index contributed by atoms with van der Waals surface area (Å²) in [6.07, 6.45) is 8.05. The molecule has 0 bridgehead atoms. The Bertz CT molecular complexity index is 1370. The lowest BCUT2D eigenvalue weighted by molar-refractivity contribution is 0.0706. The molecule has 0 radical (unpaired) electrons. The number of fused-ring (bicyclic) bond motifs is 1. The maximum Gasteiger partial charge on any atom is 0.132 e. The van der Waals surface area contributed by atoms with E-state index in [1.807, 2.05) is 6.33 Å². The number of nitrogens with one attached hydrogen (secondary N) is 1. The smallest absolute Gasteiger partial charge is 0.132 e. The quantitative estimate of drug-likeness (QED) is 0.397. The molecule has 2 aliphatic rings. The fourth-order valence-electron chi connectivity index (χ4n) is 4.56. The fraction of sp³-hybridized carbons (Fsp3) is 0.308. The summed E-state index contributed by atoms with van der Waals surface area (Å²) in [5.41, 5.74) is 5.95. The number of halogens is 1. The first-order valence-corrected chi connectivity index (χ1v) is 11.5. The van der Waals surface area contributed by atoms with Crippen LogP contribution in [0.3, 0.4) is 0 Å². The van der Waals surface area contributed by atoms with E-state index in [0.29, 0.717) is 23.3 Å². The Morgan fingerprint density at radius 2 is 1.82 bits per heavy atom. The number of nitriles is 1. The average molecular weight is 473 g/mol. The molecule has 2 fully saturated rings. The van der Waals surface area contributed by atoms with E-state index in [1.54, 1.807) is 18.3 Å². The minimum Gasteiger partial charge on any atom is -0.381 e. The Kier molecular flexibility index (Phi) is 6.18. The summed E-state index contributed by atoms with van der Waals surface area (Å²) in [4.78, 5) is 13.9. The molecular formula is C26H25ClN6O. The number of rotatable bonds is 5. The molecule has 1 N–H and O–H groups in total. The third-order valence-electron chi connectivity index (χ3n) is 6.50. The number of anilines is 2. The zero-order chi connectivity index (χ0) is 22.2. The van der Waals surface area contributed by atoms with Gasteiger partial charge in [0.1, 0.15) is 11.6 Å². The normalized spacial score (nSPS) is 16.1. The molecule has 172 valence electrons. The minimum absolute atomic E-state index is 0. The summed E-state index contributed by atoms with van der Waals surface area (Å²) in [7, 11) is 0. The van der Waals surface area contributed by atoms with E-state index in [1.165, 1.54) is 18.4 Å². The van der Waals surface area contributed by atoms with Gasteiger partial charge in [-0.25, -0.2) is 15.0 Å². The molecule has 6 rings (SSSR count). The standard InChI is InChI=1S/C26H24N6O.ClH/c27-15-17-5-8-28-25(11-17)31-26-14-20(18-1-2-18)13-22(30-26)19-3-4-24-23(12-19)29-16-32(24)21-6-9-33-10-7-21;/h3-5,8,11-14,16,18,21H,1-2,6-7,9-10H2,(H,28,30,31);1H. The zero-order valence-corrected chi connectivity index (χ0v) is 19.5. The summed E-state index contributed by atoms with van der Waals surface area (Å²) in [5, 5.41) is 12.5. The van der Waals surface area contributed by atoms with Crippen molar-refractivity contribution in [3.63, 3.8) is 0 Å². The fourth-order valence-corrected chi connectivity index (χ4v) is 4.56. The van der Waals surface area contributed by atoms with Gasteiger partial charge in [-0.15, -0.1) is 12.4 Å². The lowest BCUT2D eigenvalue weighted by Gasteiger charge is -2.23. The van der Waals surface area contributed by atoms with Crippen molar-refractivity contribution in [2.45, 2.75) is 37.6 Å². The van der Waals surface area contributed by atoms with Gasteiger partial charge in [-0.2, -0.15) is 5.26 Å². The van der Waals surface area contributed by atoms with E-state index < -0.39 is 0 Å². The summed E-state index contributed by atoms with van der Waals surface area (Å²) in [5.74, 6) is 1.94. The predicted octanol–water partition coefficient (Wildman–Crippen LogP) is 5.76. The molecule has 0 amide bonds. The van der Waals surface area contributed by atoms with Crippen LogP contribution in [0.2, 0.25) is 0 Å². The monoisotopic (exact) mass is 472 g/mol. The molecule has 3 aromatic heterocycles. The molecule has 34 heavy (non-hydrogen) atoms. The van der Waals surface area contributed by atoms with Crippen molar-refractivity contribution in [1.82, 2.24) is 19.5 Å². The third-order valence-corrected chi connectivity index (χ3v) is 6.50. The number of aromatic nitrogens is 4. The van der Waals surface area contributed by atoms with Gasteiger partial charge in [0.15, 0.2) is 0 Å². The summed E-state index contributed by atoms with van der Waals surface area (Å²) < 4.78 is 7.81. The average Bonchev–Trinajstić information content (AvgIpc) is 3.63. The minimum atomic E-state index is 0. The van der Waals surface area contributed by atoms with Crippen LogP contribution in [-0.2, 0) is 4.74 Å². The molecule has 7 nitrogen and oxygen atoms in total. The highest BCUT2D eigenvalue weighted by atomic mass is 35.5. The van der Waals surface area contributed by atoms with E-state index in [4.69, 9.17) is 14.7 Å². The molecule has 1 saturated carbocycles. The second-order valence-electron chi connectivity index (χ2n) is 8.81. The number of nitrogens with zero attached hydrogens (tertiary/aromatic N) is 5. The largest absolute Gasteiger partial charge is 0.381 e. The number of pyridine rings is 2. The maximum absolute atomic E-state index is 9.18. The zero-order valence-electron chi connectivity index (χ0n) is 18.6. The van der Waals surface area contributed by atoms with Gasteiger partial charge in [-0.1, -0.05) is 6.07 Å². The van der Waals surface area contributed by atoms with Gasteiger partial charge < -0.3 is 14.6 Å². The number of benzene rings is 1. The van der Waals surface area contributed by atoms with Gasteiger partial charge in [0.25, 0.3) is 0 Å². The van der Waals surface area contributed by atoms with Gasteiger partial charge in [-0.05, 0) is 73.6 Å². The Labute approximate surface area is 204 Å². The van der Waals surface area contributed by atoms with E-state index in [2.05, 4.69) is 51.3 Å². The van der Waals surface area contributed by atoms with Crippen LogP contribution in [0.1, 0.15) is 48.8 Å². The van der Waals surface area contributed by atoms with Crippen LogP contribution in [0.25, 0.3) is 22.3 Å². The Morgan fingerprint density at radius 1 is 0.971 bits per heavy atom. The van der Waals surface area contributed by atoms with Crippen LogP contribution < -0.4 is 5.32 Å². The number of ether oxygens (including phenoxy) is 1. The first-order valence-electron chi connectivity index (χ1n) is 11.5. The molecule has 0 atom stereocenters. The second kappa shape index (κ2) is 9.41. The highest BCUT2D eigenvalue weighted by Crippen LogP contribution is 2.42. The van der Waals surface area contributed by atoms with Crippen molar-refractivity contribution in [1.29, 1.82) is 5.26 Å².